The van der Waals surface area contributed by atoms with E-state index in [2.05, 4.69) is 20.8 Å². The third kappa shape index (κ3) is 3.22. The smallest absolute Gasteiger partial charge is 0.261 e. The van der Waals surface area contributed by atoms with Gasteiger partial charge in [0, 0.05) is 0 Å². The summed E-state index contributed by atoms with van der Waals surface area (Å²) in [5.41, 5.74) is 5.34. The summed E-state index contributed by atoms with van der Waals surface area (Å²) in [7, 11) is 0. The molecule has 0 atom stereocenters. The molecule has 94 valence electrons. The second-order valence-electron chi connectivity index (χ2n) is 5.72. The van der Waals surface area contributed by atoms with Crippen LogP contribution in [0.3, 0.4) is 0 Å². The molecule has 0 saturated heterocycles. The molecule has 3 heteroatoms. The second-order valence-corrected chi connectivity index (χ2v) is 5.72. The first-order chi connectivity index (χ1) is 7.64. The maximum Gasteiger partial charge on any atom is 0.261 e. The van der Waals surface area contributed by atoms with E-state index in [9.17, 15) is 4.79 Å². The van der Waals surface area contributed by atoms with Crippen molar-refractivity contribution in [1.82, 2.24) is 0 Å². The van der Waals surface area contributed by atoms with Crippen LogP contribution in [0.4, 0.5) is 0 Å². The summed E-state index contributed by atoms with van der Waals surface area (Å²) in [6, 6.07) is 7.73. The van der Waals surface area contributed by atoms with Gasteiger partial charge in [0.25, 0.3) is 5.91 Å². The van der Waals surface area contributed by atoms with Crippen LogP contribution in [0.1, 0.15) is 40.2 Å². The number of nitrogens with two attached hydrogens (primary N) is 1. The van der Waals surface area contributed by atoms with Gasteiger partial charge in [-0.25, -0.2) is 0 Å². The molecule has 1 rings (SSSR count). The van der Waals surface area contributed by atoms with E-state index >= 15 is 0 Å². The Hall–Kier alpha value is -1.51. The molecule has 1 amide bonds. The van der Waals surface area contributed by atoms with Crippen molar-refractivity contribution < 1.29 is 9.53 Å². The topological polar surface area (TPSA) is 52.3 Å². The van der Waals surface area contributed by atoms with Crippen LogP contribution in [0.25, 0.3) is 0 Å². The van der Waals surface area contributed by atoms with E-state index in [1.807, 2.05) is 24.3 Å². The fourth-order valence-corrected chi connectivity index (χ4v) is 1.50. The van der Waals surface area contributed by atoms with Crippen LogP contribution in [0.2, 0.25) is 0 Å². The highest BCUT2D eigenvalue weighted by atomic mass is 16.5. The van der Waals surface area contributed by atoms with Gasteiger partial charge in [-0.15, -0.1) is 0 Å². The summed E-state index contributed by atoms with van der Waals surface area (Å²) in [5, 5.41) is 0. The molecule has 0 radical (unpaired) electrons. The summed E-state index contributed by atoms with van der Waals surface area (Å²) in [6.07, 6.45) is 0. The number of carbonyl (C=O) groups excluding carboxylic acids is 1. The van der Waals surface area contributed by atoms with Gasteiger partial charge >= 0.3 is 0 Å². The molecular weight excluding hydrogens is 214 g/mol. The number of amides is 1. The molecule has 0 aliphatic carbocycles. The molecule has 0 aromatic heterocycles. The largest absolute Gasteiger partial charge is 0.478 e. The van der Waals surface area contributed by atoms with E-state index in [0.29, 0.717) is 5.75 Å². The predicted molar refractivity (Wildman–Crippen MR) is 69.0 cm³/mol. The zero-order chi connectivity index (χ0) is 13.3. The van der Waals surface area contributed by atoms with Crippen molar-refractivity contribution in [2.75, 3.05) is 0 Å². The monoisotopic (exact) mass is 235 g/mol. The number of ether oxygens (including phenoxy) is 1. The fraction of sp³-hybridized carbons (Fsp3) is 0.500. The van der Waals surface area contributed by atoms with Gasteiger partial charge in [-0.05, 0) is 30.9 Å². The molecule has 2 N–H and O–H groups in total. The Balaban J connectivity index is 3.12. The molecule has 0 aliphatic heterocycles. The quantitative estimate of drug-likeness (QED) is 0.875. The Morgan fingerprint density at radius 1 is 1.12 bits per heavy atom. The maximum atomic E-state index is 11.3. The standard InChI is InChI=1S/C14H21NO2/c1-13(2,3)10-8-6-7-9-11(10)17-14(4,5)12(15)16/h6-9H,1-5H3,(H2,15,16). The van der Waals surface area contributed by atoms with E-state index in [-0.39, 0.29) is 5.41 Å². The van der Waals surface area contributed by atoms with E-state index in [4.69, 9.17) is 10.5 Å². The number of benzene rings is 1. The van der Waals surface area contributed by atoms with Crippen LogP contribution in [0.15, 0.2) is 24.3 Å². The van der Waals surface area contributed by atoms with Crippen LogP contribution in [0, 0.1) is 0 Å². The van der Waals surface area contributed by atoms with E-state index in [1.54, 1.807) is 13.8 Å². The fourth-order valence-electron chi connectivity index (χ4n) is 1.50. The van der Waals surface area contributed by atoms with Crippen LogP contribution >= 0.6 is 0 Å². The van der Waals surface area contributed by atoms with Gasteiger partial charge in [-0.1, -0.05) is 39.0 Å². The van der Waals surface area contributed by atoms with Gasteiger partial charge < -0.3 is 10.5 Å². The van der Waals surface area contributed by atoms with Crippen molar-refractivity contribution in [1.29, 1.82) is 0 Å². The van der Waals surface area contributed by atoms with Crippen LogP contribution in [0.5, 0.6) is 5.75 Å². The van der Waals surface area contributed by atoms with E-state index < -0.39 is 11.5 Å². The minimum atomic E-state index is -0.999. The molecule has 0 heterocycles. The minimum absolute atomic E-state index is 0.0374. The predicted octanol–water partition coefficient (Wildman–Crippen LogP) is 2.63. The molecular formula is C14H21NO2. The lowest BCUT2D eigenvalue weighted by molar-refractivity contribution is -0.130. The molecule has 0 spiro atoms. The van der Waals surface area contributed by atoms with Crippen LogP contribution in [-0.2, 0) is 10.2 Å². The normalized spacial score (nSPS) is 12.3. The number of para-hydroxylation sites is 1. The van der Waals surface area contributed by atoms with Gasteiger partial charge in [0.2, 0.25) is 0 Å². The van der Waals surface area contributed by atoms with Crippen LogP contribution < -0.4 is 10.5 Å². The zero-order valence-corrected chi connectivity index (χ0v) is 11.2. The van der Waals surface area contributed by atoms with E-state index in [1.165, 1.54) is 0 Å². The van der Waals surface area contributed by atoms with Crippen molar-refractivity contribution in [2.24, 2.45) is 5.73 Å². The van der Waals surface area contributed by atoms with Gasteiger partial charge in [0.1, 0.15) is 5.75 Å². The Morgan fingerprint density at radius 3 is 2.12 bits per heavy atom. The lowest BCUT2D eigenvalue weighted by atomic mass is 9.86. The molecule has 0 aliphatic rings. The molecule has 0 saturated carbocycles. The molecule has 0 fully saturated rings. The van der Waals surface area contributed by atoms with Gasteiger partial charge in [-0.3, -0.25) is 4.79 Å². The zero-order valence-electron chi connectivity index (χ0n) is 11.2. The lowest BCUT2D eigenvalue weighted by Gasteiger charge is -2.28. The highest BCUT2D eigenvalue weighted by molar-refractivity contribution is 5.82. The average Bonchev–Trinajstić information content (AvgIpc) is 2.15. The number of carbonyl (C=O) groups is 1. The van der Waals surface area contributed by atoms with Crippen LogP contribution in [-0.4, -0.2) is 11.5 Å². The van der Waals surface area contributed by atoms with Gasteiger partial charge in [-0.2, -0.15) is 0 Å². The molecule has 3 nitrogen and oxygen atoms in total. The highest BCUT2D eigenvalue weighted by Crippen LogP contribution is 2.32. The molecule has 1 aromatic carbocycles. The Kier molecular flexibility index (Phi) is 3.51. The molecule has 17 heavy (non-hydrogen) atoms. The van der Waals surface area contributed by atoms with Crippen molar-refractivity contribution >= 4 is 5.91 Å². The first-order valence-electron chi connectivity index (χ1n) is 5.73. The van der Waals surface area contributed by atoms with Crippen molar-refractivity contribution in [2.45, 2.75) is 45.6 Å². The summed E-state index contributed by atoms with van der Waals surface area (Å²) in [4.78, 5) is 11.3. The first-order valence-corrected chi connectivity index (χ1v) is 5.73. The van der Waals surface area contributed by atoms with Crippen molar-refractivity contribution in [3.05, 3.63) is 29.8 Å². The molecule has 1 aromatic rings. The van der Waals surface area contributed by atoms with Crippen molar-refractivity contribution in [3.63, 3.8) is 0 Å². The Bertz CT molecular complexity index is 416. The summed E-state index contributed by atoms with van der Waals surface area (Å²) < 4.78 is 5.75. The summed E-state index contributed by atoms with van der Waals surface area (Å²) in [6.45, 7) is 9.66. The Morgan fingerprint density at radius 2 is 1.65 bits per heavy atom. The summed E-state index contributed by atoms with van der Waals surface area (Å²) >= 11 is 0. The number of hydrogen-bond acceptors (Lipinski definition) is 2. The number of primary amides is 1. The number of rotatable bonds is 3. The van der Waals surface area contributed by atoms with E-state index in [0.717, 1.165) is 5.56 Å². The average molecular weight is 235 g/mol. The van der Waals surface area contributed by atoms with Gasteiger partial charge in [0.05, 0.1) is 0 Å². The first kappa shape index (κ1) is 13.6. The van der Waals surface area contributed by atoms with Crippen molar-refractivity contribution in [3.8, 4) is 5.75 Å². The number of hydrogen-bond donors (Lipinski definition) is 1. The lowest BCUT2D eigenvalue weighted by Crippen LogP contribution is -2.43. The molecule has 0 unspecified atom stereocenters. The Labute approximate surface area is 103 Å². The maximum absolute atomic E-state index is 11.3. The highest BCUT2D eigenvalue weighted by Gasteiger charge is 2.29. The van der Waals surface area contributed by atoms with Gasteiger partial charge in [0.15, 0.2) is 5.60 Å². The third-order valence-corrected chi connectivity index (χ3v) is 2.65. The minimum Gasteiger partial charge on any atom is -0.478 e. The summed E-state index contributed by atoms with van der Waals surface area (Å²) in [5.74, 6) is 0.241. The third-order valence-electron chi connectivity index (χ3n) is 2.65. The second kappa shape index (κ2) is 4.40. The SMILES string of the molecule is CC(C)(Oc1ccccc1C(C)(C)C)C(N)=O. The molecule has 0 bridgehead atoms.